The summed E-state index contributed by atoms with van der Waals surface area (Å²) < 4.78 is 0.952. The standard InChI is InChI=1S/C13H18BrClN2/c1-2-17-6-5-10(8-16)13(17)9-3-4-11(14)12(15)7-9/h3-4,7,10,13H,2,5-6,8,16H2,1H3. The van der Waals surface area contributed by atoms with Crippen molar-refractivity contribution in [3.8, 4) is 0 Å². The summed E-state index contributed by atoms with van der Waals surface area (Å²) in [6, 6.07) is 6.66. The molecule has 2 nitrogen and oxygen atoms in total. The fourth-order valence-electron chi connectivity index (χ4n) is 2.71. The lowest BCUT2D eigenvalue weighted by Gasteiger charge is -2.27. The van der Waals surface area contributed by atoms with Crippen LogP contribution in [0.3, 0.4) is 0 Å². The van der Waals surface area contributed by atoms with Gasteiger partial charge >= 0.3 is 0 Å². The molecule has 0 radical (unpaired) electrons. The number of hydrogen-bond donors (Lipinski definition) is 1. The Labute approximate surface area is 116 Å². The van der Waals surface area contributed by atoms with Crippen molar-refractivity contribution in [3.63, 3.8) is 0 Å². The third-order valence-electron chi connectivity index (χ3n) is 3.62. The van der Waals surface area contributed by atoms with Crippen molar-refractivity contribution < 1.29 is 0 Å². The number of nitrogens with zero attached hydrogens (tertiary/aromatic N) is 1. The first kappa shape index (κ1) is 13.3. The Morgan fingerprint density at radius 1 is 1.53 bits per heavy atom. The van der Waals surface area contributed by atoms with Crippen LogP contribution < -0.4 is 5.73 Å². The smallest absolute Gasteiger partial charge is 0.0551 e. The average molecular weight is 318 g/mol. The van der Waals surface area contributed by atoms with Gasteiger partial charge in [0, 0.05) is 10.5 Å². The number of rotatable bonds is 3. The second kappa shape index (κ2) is 5.70. The van der Waals surface area contributed by atoms with Gasteiger partial charge < -0.3 is 5.73 Å². The molecule has 1 aliphatic rings. The number of hydrogen-bond acceptors (Lipinski definition) is 2. The number of likely N-dealkylation sites (tertiary alicyclic amines) is 1. The molecule has 1 saturated heterocycles. The Morgan fingerprint density at radius 3 is 2.88 bits per heavy atom. The van der Waals surface area contributed by atoms with Crippen molar-refractivity contribution in [2.75, 3.05) is 19.6 Å². The summed E-state index contributed by atoms with van der Waals surface area (Å²) in [6.45, 7) is 5.15. The third-order valence-corrected chi connectivity index (χ3v) is 4.85. The zero-order valence-corrected chi connectivity index (χ0v) is 12.3. The van der Waals surface area contributed by atoms with E-state index in [9.17, 15) is 0 Å². The molecule has 2 N–H and O–H groups in total. The van der Waals surface area contributed by atoms with Gasteiger partial charge in [-0.3, -0.25) is 4.90 Å². The number of halogens is 2. The van der Waals surface area contributed by atoms with E-state index in [4.69, 9.17) is 17.3 Å². The fraction of sp³-hybridized carbons (Fsp3) is 0.538. The summed E-state index contributed by atoms with van der Waals surface area (Å²) in [6.07, 6.45) is 1.18. The van der Waals surface area contributed by atoms with Crippen molar-refractivity contribution in [2.24, 2.45) is 11.7 Å². The van der Waals surface area contributed by atoms with Crippen LogP contribution in [0.2, 0.25) is 5.02 Å². The lowest BCUT2D eigenvalue weighted by atomic mass is 9.94. The van der Waals surface area contributed by atoms with Crippen LogP contribution in [-0.2, 0) is 0 Å². The van der Waals surface area contributed by atoms with Crippen molar-refractivity contribution in [1.29, 1.82) is 0 Å². The third kappa shape index (κ3) is 2.68. The van der Waals surface area contributed by atoms with Crippen LogP contribution in [0.4, 0.5) is 0 Å². The summed E-state index contributed by atoms with van der Waals surface area (Å²) in [5.74, 6) is 0.548. The van der Waals surface area contributed by atoms with Gasteiger partial charge in [-0.05, 0) is 65.6 Å². The van der Waals surface area contributed by atoms with E-state index >= 15 is 0 Å². The molecule has 17 heavy (non-hydrogen) atoms. The van der Waals surface area contributed by atoms with Crippen LogP contribution in [0.1, 0.15) is 24.9 Å². The summed E-state index contributed by atoms with van der Waals surface area (Å²) in [5, 5.41) is 0.779. The van der Waals surface area contributed by atoms with Gasteiger partial charge in [0.2, 0.25) is 0 Å². The molecule has 0 aromatic heterocycles. The molecule has 1 heterocycles. The molecule has 0 bridgehead atoms. The lowest BCUT2D eigenvalue weighted by Crippen LogP contribution is -2.28. The van der Waals surface area contributed by atoms with Gasteiger partial charge in [-0.1, -0.05) is 24.6 Å². The van der Waals surface area contributed by atoms with Gasteiger partial charge in [-0.25, -0.2) is 0 Å². The van der Waals surface area contributed by atoms with Gasteiger partial charge in [0.15, 0.2) is 0 Å². The molecule has 1 aromatic rings. The summed E-state index contributed by atoms with van der Waals surface area (Å²) >= 11 is 9.61. The Bertz CT molecular complexity index is 385. The molecule has 2 atom stereocenters. The molecule has 2 unspecified atom stereocenters. The van der Waals surface area contributed by atoms with E-state index < -0.39 is 0 Å². The van der Waals surface area contributed by atoms with E-state index in [-0.39, 0.29) is 0 Å². The van der Waals surface area contributed by atoms with Crippen LogP contribution in [0, 0.1) is 5.92 Å². The van der Waals surface area contributed by atoms with E-state index in [0.29, 0.717) is 12.0 Å². The Morgan fingerprint density at radius 2 is 2.29 bits per heavy atom. The molecule has 0 amide bonds. The Hall–Kier alpha value is -0.0900. The zero-order valence-electron chi connectivity index (χ0n) is 10.00. The van der Waals surface area contributed by atoms with Crippen LogP contribution in [-0.4, -0.2) is 24.5 Å². The minimum Gasteiger partial charge on any atom is -0.330 e. The zero-order chi connectivity index (χ0) is 12.4. The maximum Gasteiger partial charge on any atom is 0.0551 e. The van der Waals surface area contributed by atoms with E-state index in [1.807, 2.05) is 6.07 Å². The molecule has 1 aromatic carbocycles. The number of benzene rings is 1. The van der Waals surface area contributed by atoms with Crippen molar-refractivity contribution in [2.45, 2.75) is 19.4 Å². The highest BCUT2D eigenvalue weighted by Crippen LogP contribution is 2.38. The molecule has 0 spiro atoms. The van der Waals surface area contributed by atoms with E-state index in [0.717, 1.165) is 29.1 Å². The Kier molecular flexibility index (Phi) is 4.47. The Balaban J connectivity index is 2.31. The molecular formula is C13H18BrClN2. The van der Waals surface area contributed by atoms with E-state index in [1.54, 1.807) is 0 Å². The van der Waals surface area contributed by atoms with Crippen LogP contribution in [0.25, 0.3) is 0 Å². The second-order valence-corrected chi connectivity index (χ2v) is 5.79. The molecule has 2 rings (SSSR count). The van der Waals surface area contributed by atoms with Crippen molar-refractivity contribution in [3.05, 3.63) is 33.3 Å². The first-order chi connectivity index (χ1) is 8.17. The average Bonchev–Trinajstić information content (AvgIpc) is 2.75. The van der Waals surface area contributed by atoms with Crippen molar-refractivity contribution >= 4 is 27.5 Å². The lowest BCUT2D eigenvalue weighted by molar-refractivity contribution is 0.242. The minimum atomic E-state index is 0.426. The first-order valence-corrected chi connectivity index (χ1v) is 7.23. The highest BCUT2D eigenvalue weighted by Gasteiger charge is 2.33. The predicted molar refractivity (Wildman–Crippen MR) is 76.3 cm³/mol. The molecule has 4 heteroatoms. The monoisotopic (exact) mass is 316 g/mol. The largest absolute Gasteiger partial charge is 0.330 e. The topological polar surface area (TPSA) is 29.3 Å². The molecule has 1 fully saturated rings. The van der Waals surface area contributed by atoms with Gasteiger partial charge in [0.05, 0.1) is 5.02 Å². The minimum absolute atomic E-state index is 0.426. The van der Waals surface area contributed by atoms with E-state index in [2.05, 4.69) is 39.9 Å². The van der Waals surface area contributed by atoms with Gasteiger partial charge in [0.1, 0.15) is 0 Å². The quantitative estimate of drug-likeness (QED) is 0.925. The predicted octanol–water partition coefficient (Wildman–Crippen LogP) is 3.44. The van der Waals surface area contributed by atoms with Gasteiger partial charge in [-0.2, -0.15) is 0 Å². The molecule has 94 valence electrons. The normalized spacial score (nSPS) is 25.4. The number of nitrogens with two attached hydrogens (primary N) is 1. The molecule has 1 aliphatic heterocycles. The molecule has 0 aliphatic carbocycles. The summed E-state index contributed by atoms with van der Waals surface area (Å²) in [4.78, 5) is 2.48. The summed E-state index contributed by atoms with van der Waals surface area (Å²) in [5.41, 5.74) is 7.16. The highest BCUT2D eigenvalue weighted by atomic mass is 79.9. The maximum atomic E-state index is 6.18. The SMILES string of the molecule is CCN1CCC(CN)C1c1ccc(Br)c(Cl)c1. The first-order valence-electron chi connectivity index (χ1n) is 6.06. The fourth-order valence-corrected chi connectivity index (χ4v) is 3.14. The second-order valence-electron chi connectivity index (χ2n) is 4.53. The highest BCUT2D eigenvalue weighted by molar-refractivity contribution is 9.10. The summed E-state index contributed by atoms with van der Waals surface area (Å²) in [7, 11) is 0. The van der Waals surface area contributed by atoms with Gasteiger partial charge in [-0.15, -0.1) is 0 Å². The van der Waals surface area contributed by atoms with Crippen LogP contribution >= 0.6 is 27.5 Å². The molecule has 0 saturated carbocycles. The van der Waals surface area contributed by atoms with E-state index in [1.165, 1.54) is 12.0 Å². The van der Waals surface area contributed by atoms with Crippen LogP contribution in [0.15, 0.2) is 22.7 Å². The maximum absolute atomic E-state index is 6.18. The van der Waals surface area contributed by atoms with Crippen molar-refractivity contribution in [1.82, 2.24) is 4.90 Å². The van der Waals surface area contributed by atoms with Gasteiger partial charge in [0.25, 0.3) is 0 Å². The van der Waals surface area contributed by atoms with Crippen LogP contribution in [0.5, 0.6) is 0 Å². The molecular weight excluding hydrogens is 300 g/mol.